The number of thiophene rings is 1. The van der Waals surface area contributed by atoms with Crippen molar-refractivity contribution < 1.29 is 9.90 Å². The lowest BCUT2D eigenvalue weighted by Crippen LogP contribution is -2.30. The third-order valence-electron chi connectivity index (χ3n) is 4.61. The third kappa shape index (κ3) is 5.07. The number of hydrogen-bond donors (Lipinski definition) is 2. The molecule has 0 saturated carbocycles. The summed E-state index contributed by atoms with van der Waals surface area (Å²) in [5.41, 5.74) is 4.63. The highest BCUT2D eigenvalue weighted by Gasteiger charge is 2.16. The molecule has 28 heavy (non-hydrogen) atoms. The predicted molar refractivity (Wildman–Crippen MR) is 113 cm³/mol. The second-order valence-corrected chi connectivity index (χ2v) is 7.50. The van der Waals surface area contributed by atoms with Crippen LogP contribution in [0.3, 0.4) is 0 Å². The first-order valence-electron chi connectivity index (χ1n) is 9.34. The molecular formula is C21H26N4O2S. The van der Waals surface area contributed by atoms with Gasteiger partial charge in [0.25, 0.3) is 0 Å². The van der Waals surface area contributed by atoms with Gasteiger partial charge in [0.1, 0.15) is 0 Å². The number of amides is 1. The molecule has 1 aromatic carbocycles. The van der Waals surface area contributed by atoms with Crippen LogP contribution in [0.5, 0.6) is 0 Å². The molecule has 0 fully saturated rings. The molecule has 0 aliphatic rings. The average molecular weight is 399 g/mol. The standard InChI is InChI=1S/C21H26N4O2S/c1-16-21(17(2)25(23-16)19-6-4-3-5-7-19)22-20(27)8-10-24(11-12-26)14-18-9-13-28-15-18/h3-7,9,13,15,26H,8,10-12,14H2,1-2H3,(H,22,27). The van der Waals surface area contributed by atoms with E-state index < -0.39 is 0 Å². The Labute approximate surface area is 169 Å². The highest BCUT2D eigenvalue weighted by atomic mass is 32.1. The van der Waals surface area contributed by atoms with E-state index in [1.165, 1.54) is 5.56 Å². The smallest absolute Gasteiger partial charge is 0.225 e. The maximum Gasteiger partial charge on any atom is 0.225 e. The van der Waals surface area contributed by atoms with Crippen LogP contribution in [0, 0.1) is 13.8 Å². The minimum Gasteiger partial charge on any atom is -0.395 e. The molecule has 0 saturated heterocycles. The Morgan fingerprint density at radius 1 is 1.21 bits per heavy atom. The van der Waals surface area contributed by atoms with Crippen LogP contribution in [0.2, 0.25) is 0 Å². The molecule has 2 heterocycles. The van der Waals surface area contributed by atoms with Gasteiger partial charge in [0, 0.05) is 26.1 Å². The van der Waals surface area contributed by atoms with Gasteiger partial charge in [-0.05, 0) is 48.4 Å². The summed E-state index contributed by atoms with van der Waals surface area (Å²) in [6.07, 6.45) is 0.361. The van der Waals surface area contributed by atoms with Gasteiger partial charge in [0.05, 0.1) is 29.4 Å². The summed E-state index contributed by atoms with van der Waals surface area (Å²) in [7, 11) is 0. The van der Waals surface area contributed by atoms with Crippen molar-refractivity contribution in [2.45, 2.75) is 26.8 Å². The number of aliphatic hydroxyl groups is 1. The SMILES string of the molecule is Cc1nn(-c2ccccc2)c(C)c1NC(=O)CCN(CCO)Cc1ccsc1. The number of nitrogens with zero attached hydrogens (tertiary/aromatic N) is 3. The number of hydrogen-bond acceptors (Lipinski definition) is 5. The molecule has 2 N–H and O–H groups in total. The number of aryl methyl sites for hydroxylation is 1. The van der Waals surface area contributed by atoms with E-state index in [0.29, 0.717) is 19.5 Å². The molecule has 0 radical (unpaired) electrons. The molecule has 1 amide bonds. The Hall–Kier alpha value is -2.48. The van der Waals surface area contributed by atoms with Gasteiger partial charge in [-0.2, -0.15) is 16.4 Å². The van der Waals surface area contributed by atoms with Crippen molar-refractivity contribution in [2.24, 2.45) is 0 Å². The molecule has 0 unspecified atom stereocenters. The van der Waals surface area contributed by atoms with Crippen molar-refractivity contribution in [1.29, 1.82) is 0 Å². The number of anilines is 1. The lowest BCUT2D eigenvalue weighted by Gasteiger charge is -2.20. The Morgan fingerprint density at radius 2 is 2.00 bits per heavy atom. The minimum atomic E-state index is -0.0490. The molecule has 0 aliphatic carbocycles. The van der Waals surface area contributed by atoms with Gasteiger partial charge in [-0.15, -0.1) is 0 Å². The van der Waals surface area contributed by atoms with Crippen LogP contribution < -0.4 is 5.32 Å². The number of benzene rings is 1. The first-order chi connectivity index (χ1) is 13.6. The number of carbonyl (C=O) groups is 1. The zero-order valence-corrected chi connectivity index (χ0v) is 17.1. The zero-order chi connectivity index (χ0) is 19.9. The van der Waals surface area contributed by atoms with Crippen LogP contribution in [0.25, 0.3) is 5.69 Å². The molecule has 3 rings (SSSR count). The molecule has 6 nitrogen and oxygen atoms in total. The predicted octanol–water partition coefficient (Wildman–Crippen LogP) is 3.37. The summed E-state index contributed by atoms with van der Waals surface area (Å²) in [6.45, 7) is 5.81. The molecule has 0 bridgehead atoms. The quantitative estimate of drug-likeness (QED) is 0.580. The Kier molecular flexibility index (Phi) is 6.97. The molecule has 3 aromatic rings. The van der Waals surface area contributed by atoms with Crippen molar-refractivity contribution in [3.63, 3.8) is 0 Å². The molecule has 0 atom stereocenters. The van der Waals surface area contributed by atoms with Gasteiger partial charge >= 0.3 is 0 Å². The van der Waals surface area contributed by atoms with Crippen molar-refractivity contribution >= 4 is 22.9 Å². The van der Waals surface area contributed by atoms with Crippen LogP contribution in [0.15, 0.2) is 47.2 Å². The van der Waals surface area contributed by atoms with E-state index in [0.717, 1.165) is 29.3 Å². The lowest BCUT2D eigenvalue weighted by atomic mass is 10.2. The highest BCUT2D eigenvalue weighted by Crippen LogP contribution is 2.23. The van der Waals surface area contributed by atoms with E-state index in [2.05, 4.69) is 26.8 Å². The second-order valence-electron chi connectivity index (χ2n) is 6.72. The Balaban J connectivity index is 1.62. The van der Waals surface area contributed by atoms with E-state index >= 15 is 0 Å². The molecule has 148 valence electrons. The highest BCUT2D eigenvalue weighted by molar-refractivity contribution is 7.07. The summed E-state index contributed by atoms with van der Waals surface area (Å²) in [5, 5.41) is 21.0. The maximum absolute atomic E-state index is 12.5. The van der Waals surface area contributed by atoms with E-state index in [1.54, 1.807) is 11.3 Å². The van der Waals surface area contributed by atoms with Crippen molar-refractivity contribution in [3.8, 4) is 5.69 Å². The fraction of sp³-hybridized carbons (Fsp3) is 0.333. The Morgan fingerprint density at radius 3 is 2.68 bits per heavy atom. The number of aromatic nitrogens is 2. The van der Waals surface area contributed by atoms with Gasteiger partial charge in [0.2, 0.25) is 5.91 Å². The van der Waals surface area contributed by atoms with Gasteiger partial charge in [-0.1, -0.05) is 18.2 Å². The van der Waals surface area contributed by atoms with E-state index in [9.17, 15) is 9.90 Å². The van der Waals surface area contributed by atoms with Crippen LogP contribution in [-0.4, -0.2) is 45.4 Å². The number of nitrogens with one attached hydrogen (secondary N) is 1. The van der Waals surface area contributed by atoms with Crippen molar-refractivity contribution in [1.82, 2.24) is 14.7 Å². The molecule has 0 aliphatic heterocycles. The van der Waals surface area contributed by atoms with Crippen LogP contribution in [0.1, 0.15) is 23.4 Å². The van der Waals surface area contributed by atoms with Crippen molar-refractivity contribution in [2.75, 3.05) is 25.0 Å². The van der Waals surface area contributed by atoms with Crippen LogP contribution in [0.4, 0.5) is 5.69 Å². The average Bonchev–Trinajstić information content (AvgIpc) is 3.30. The second kappa shape index (κ2) is 9.64. The van der Waals surface area contributed by atoms with E-state index in [1.807, 2.05) is 54.2 Å². The molecule has 2 aromatic heterocycles. The number of para-hydroxylation sites is 1. The van der Waals surface area contributed by atoms with Crippen molar-refractivity contribution in [3.05, 3.63) is 64.1 Å². The van der Waals surface area contributed by atoms with E-state index in [-0.39, 0.29) is 12.5 Å². The topological polar surface area (TPSA) is 70.4 Å². The zero-order valence-electron chi connectivity index (χ0n) is 16.3. The summed E-state index contributed by atoms with van der Waals surface area (Å²) in [6, 6.07) is 11.9. The minimum absolute atomic E-state index is 0.0490. The first kappa shape index (κ1) is 20.3. The van der Waals surface area contributed by atoms with Gasteiger partial charge < -0.3 is 10.4 Å². The van der Waals surface area contributed by atoms with Gasteiger partial charge in [-0.3, -0.25) is 9.69 Å². The van der Waals surface area contributed by atoms with Crippen LogP contribution >= 0.6 is 11.3 Å². The molecular weight excluding hydrogens is 372 g/mol. The van der Waals surface area contributed by atoms with Gasteiger partial charge in [0.15, 0.2) is 0 Å². The molecule has 7 heteroatoms. The lowest BCUT2D eigenvalue weighted by molar-refractivity contribution is -0.116. The fourth-order valence-electron chi connectivity index (χ4n) is 3.16. The maximum atomic E-state index is 12.5. The largest absolute Gasteiger partial charge is 0.395 e. The number of rotatable bonds is 9. The summed E-state index contributed by atoms with van der Waals surface area (Å²) in [4.78, 5) is 14.6. The summed E-state index contributed by atoms with van der Waals surface area (Å²) in [5.74, 6) is -0.0490. The van der Waals surface area contributed by atoms with Crippen LogP contribution in [-0.2, 0) is 11.3 Å². The third-order valence-corrected chi connectivity index (χ3v) is 5.35. The first-order valence-corrected chi connectivity index (χ1v) is 10.3. The number of aliphatic hydroxyl groups excluding tert-OH is 1. The summed E-state index contributed by atoms with van der Waals surface area (Å²) < 4.78 is 1.85. The normalized spacial score (nSPS) is 11.1. The van der Waals surface area contributed by atoms with E-state index in [4.69, 9.17) is 0 Å². The van der Waals surface area contributed by atoms with Gasteiger partial charge in [-0.25, -0.2) is 4.68 Å². The summed E-state index contributed by atoms with van der Waals surface area (Å²) >= 11 is 1.65. The monoisotopic (exact) mass is 398 g/mol. The Bertz CT molecular complexity index is 891. The number of carbonyl (C=O) groups excluding carboxylic acids is 1. The fourth-order valence-corrected chi connectivity index (χ4v) is 3.82. The molecule has 0 spiro atoms.